The first-order valence-corrected chi connectivity index (χ1v) is 11.7. The summed E-state index contributed by atoms with van der Waals surface area (Å²) in [5, 5.41) is 2.81. The third-order valence-electron chi connectivity index (χ3n) is 6.27. The minimum atomic E-state index is -0.650. The smallest absolute Gasteiger partial charge is 0.279 e. The van der Waals surface area contributed by atoms with Crippen LogP contribution >= 0.6 is 0 Å². The third-order valence-corrected chi connectivity index (χ3v) is 6.27. The summed E-state index contributed by atoms with van der Waals surface area (Å²) < 4.78 is 23.7. The maximum Gasteiger partial charge on any atom is 0.279 e. The molecule has 0 aliphatic carbocycles. The van der Waals surface area contributed by atoms with Crippen molar-refractivity contribution in [2.75, 3.05) is 36.5 Å². The summed E-state index contributed by atoms with van der Waals surface area (Å²) in [6.07, 6.45) is 7.11. The number of nitrogens with zero attached hydrogens (tertiary/aromatic N) is 5. The Bertz CT molecular complexity index is 1390. The summed E-state index contributed by atoms with van der Waals surface area (Å²) in [6, 6.07) is 7.80. The van der Waals surface area contributed by atoms with Crippen molar-refractivity contribution in [3.8, 4) is 11.1 Å². The summed E-state index contributed by atoms with van der Waals surface area (Å²) in [7, 11) is 0. The average molecular weight is 477 g/mol. The normalized spacial score (nSPS) is 14.5. The van der Waals surface area contributed by atoms with Crippen LogP contribution in [0.15, 0.2) is 49.2 Å². The van der Waals surface area contributed by atoms with Crippen molar-refractivity contribution in [3.05, 3.63) is 66.4 Å². The lowest BCUT2D eigenvalue weighted by Crippen LogP contribution is -2.36. The average Bonchev–Trinajstić information content (AvgIpc) is 3.46. The van der Waals surface area contributed by atoms with Crippen LogP contribution in [0.25, 0.3) is 16.8 Å². The molecule has 1 aromatic carbocycles. The first-order valence-electron chi connectivity index (χ1n) is 11.7. The molecular formula is C26H29FN6O2. The number of nitrogens with one attached hydrogen (secondary N) is 1. The van der Waals surface area contributed by atoms with Crippen molar-refractivity contribution in [2.45, 2.75) is 33.2 Å². The van der Waals surface area contributed by atoms with Crippen LogP contribution in [0.5, 0.6) is 0 Å². The first kappa shape index (κ1) is 23.0. The van der Waals surface area contributed by atoms with E-state index < -0.39 is 17.4 Å². The fraction of sp³-hybridized carbons (Fsp3) is 0.346. The van der Waals surface area contributed by atoms with Gasteiger partial charge in [-0.25, -0.2) is 9.97 Å². The number of carbonyl (C=O) groups excluding carboxylic acids is 1. The van der Waals surface area contributed by atoms with Crippen LogP contribution in [-0.4, -0.2) is 51.1 Å². The lowest BCUT2D eigenvalue weighted by atomic mass is 10.0. The van der Waals surface area contributed by atoms with E-state index in [1.807, 2.05) is 62.7 Å². The van der Waals surface area contributed by atoms with Gasteiger partial charge in [0.15, 0.2) is 11.3 Å². The first-order chi connectivity index (χ1) is 16.7. The summed E-state index contributed by atoms with van der Waals surface area (Å²) in [6.45, 7) is 10.5. The molecule has 0 radical (unpaired) electrons. The molecule has 8 nitrogen and oxygen atoms in total. The van der Waals surface area contributed by atoms with Gasteiger partial charge >= 0.3 is 0 Å². The van der Waals surface area contributed by atoms with Crippen molar-refractivity contribution >= 4 is 22.9 Å². The summed E-state index contributed by atoms with van der Waals surface area (Å²) in [4.78, 5) is 23.7. The number of fused-ring (bicyclic) bond motifs is 1. The topological polar surface area (TPSA) is 76.7 Å². The summed E-state index contributed by atoms with van der Waals surface area (Å²) in [5.74, 6) is -1.23. The molecule has 4 aromatic rings. The zero-order valence-corrected chi connectivity index (χ0v) is 20.4. The molecule has 4 heterocycles. The number of hydrogen-bond donors (Lipinski definition) is 1. The number of ether oxygens (including phenoxy) is 1. The number of imidazole rings is 2. The van der Waals surface area contributed by atoms with Gasteiger partial charge in [-0.05, 0) is 57.0 Å². The molecule has 5 rings (SSSR count). The molecule has 1 amide bonds. The van der Waals surface area contributed by atoms with E-state index in [4.69, 9.17) is 4.74 Å². The zero-order chi connectivity index (χ0) is 24.7. The van der Waals surface area contributed by atoms with Gasteiger partial charge in [-0.15, -0.1) is 0 Å². The van der Waals surface area contributed by atoms with E-state index in [2.05, 4.69) is 26.3 Å². The molecule has 0 unspecified atom stereocenters. The Morgan fingerprint density at radius 1 is 1.14 bits per heavy atom. The SMILES string of the molecule is Cc1ccc(NC(=O)c2ncn(C(C)(C)C)c2F)cc1-c1cc(N2CCOCC2)c2nccn2c1. The number of halogens is 1. The minimum Gasteiger partial charge on any atom is -0.378 e. The molecule has 3 aromatic heterocycles. The number of pyridine rings is 1. The van der Waals surface area contributed by atoms with Gasteiger partial charge in [-0.2, -0.15) is 4.39 Å². The van der Waals surface area contributed by atoms with Crippen molar-refractivity contribution in [1.29, 1.82) is 0 Å². The quantitative estimate of drug-likeness (QED) is 0.470. The second-order valence-electron chi connectivity index (χ2n) is 9.78. The van der Waals surface area contributed by atoms with Gasteiger partial charge < -0.3 is 23.9 Å². The largest absolute Gasteiger partial charge is 0.378 e. The Kier molecular flexibility index (Phi) is 5.80. The van der Waals surface area contributed by atoms with Gasteiger partial charge in [0.05, 0.1) is 25.2 Å². The van der Waals surface area contributed by atoms with Crippen molar-refractivity contribution < 1.29 is 13.9 Å². The Hall–Kier alpha value is -3.72. The Morgan fingerprint density at radius 3 is 2.63 bits per heavy atom. The van der Waals surface area contributed by atoms with Crippen LogP contribution in [-0.2, 0) is 10.3 Å². The fourth-order valence-electron chi connectivity index (χ4n) is 4.35. The van der Waals surface area contributed by atoms with Crippen LogP contribution in [0, 0.1) is 12.9 Å². The summed E-state index contributed by atoms with van der Waals surface area (Å²) >= 11 is 0. The van der Waals surface area contributed by atoms with E-state index in [1.54, 1.807) is 6.20 Å². The Morgan fingerprint density at radius 2 is 1.91 bits per heavy atom. The molecule has 1 aliphatic rings. The molecule has 1 N–H and O–H groups in total. The number of morpholine rings is 1. The number of hydrogen-bond acceptors (Lipinski definition) is 5. The Balaban J connectivity index is 1.48. The highest BCUT2D eigenvalue weighted by Gasteiger charge is 2.24. The molecule has 1 aliphatic heterocycles. The maximum absolute atomic E-state index is 14.8. The predicted octanol–water partition coefficient (Wildman–Crippen LogP) is 4.49. The third kappa shape index (κ3) is 4.39. The second kappa shape index (κ2) is 8.81. The number of amides is 1. The number of rotatable bonds is 4. The van der Waals surface area contributed by atoms with Gasteiger partial charge in [-0.1, -0.05) is 6.07 Å². The highest BCUT2D eigenvalue weighted by atomic mass is 19.1. The number of aromatic nitrogens is 4. The number of carbonyl (C=O) groups is 1. The highest BCUT2D eigenvalue weighted by Crippen LogP contribution is 2.32. The standard InChI is InChI=1S/C26H29FN6O2/c1-17-5-6-19(30-25(34)22-23(27)33(16-29-22)26(2,3)4)14-20(17)18-13-21(31-9-11-35-12-10-31)24-28-7-8-32(24)15-18/h5-8,13-16H,9-12H2,1-4H3,(H,30,34). The molecule has 0 atom stereocenters. The van der Waals surface area contributed by atoms with E-state index in [9.17, 15) is 9.18 Å². The minimum absolute atomic E-state index is 0.225. The van der Waals surface area contributed by atoms with Crippen molar-refractivity contribution in [1.82, 2.24) is 18.9 Å². The van der Waals surface area contributed by atoms with Gasteiger partial charge in [0.1, 0.15) is 0 Å². The molecule has 1 saturated heterocycles. The lowest BCUT2D eigenvalue weighted by molar-refractivity contribution is 0.101. The molecule has 9 heteroatoms. The zero-order valence-electron chi connectivity index (χ0n) is 20.4. The molecule has 0 saturated carbocycles. The van der Waals surface area contributed by atoms with E-state index in [-0.39, 0.29) is 5.69 Å². The van der Waals surface area contributed by atoms with E-state index in [0.717, 1.165) is 41.1 Å². The van der Waals surface area contributed by atoms with Gasteiger partial charge in [-0.3, -0.25) is 4.79 Å². The van der Waals surface area contributed by atoms with Crippen LogP contribution in [0.4, 0.5) is 15.8 Å². The molecule has 182 valence electrons. The number of benzene rings is 1. The Labute approximate surface area is 203 Å². The number of anilines is 2. The maximum atomic E-state index is 14.8. The van der Waals surface area contributed by atoms with Gasteiger partial charge in [0.2, 0.25) is 5.95 Å². The lowest BCUT2D eigenvalue weighted by Gasteiger charge is -2.29. The number of aryl methyl sites for hydroxylation is 1. The van der Waals surface area contributed by atoms with Crippen molar-refractivity contribution in [2.24, 2.45) is 0 Å². The molecule has 1 fully saturated rings. The van der Waals surface area contributed by atoms with Crippen molar-refractivity contribution in [3.63, 3.8) is 0 Å². The van der Waals surface area contributed by atoms with Gasteiger partial charge in [0.25, 0.3) is 5.91 Å². The van der Waals surface area contributed by atoms with E-state index in [0.29, 0.717) is 18.9 Å². The van der Waals surface area contributed by atoms with Crippen LogP contribution in [0.2, 0.25) is 0 Å². The second-order valence-corrected chi connectivity index (χ2v) is 9.78. The fourth-order valence-corrected chi connectivity index (χ4v) is 4.35. The molecular weight excluding hydrogens is 447 g/mol. The van der Waals surface area contributed by atoms with E-state index in [1.165, 1.54) is 10.9 Å². The summed E-state index contributed by atoms with van der Waals surface area (Å²) in [5.41, 5.74) is 4.77. The van der Waals surface area contributed by atoms with Gasteiger partial charge in [0, 0.05) is 48.5 Å². The molecule has 0 bridgehead atoms. The monoisotopic (exact) mass is 476 g/mol. The predicted molar refractivity (Wildman–Crippen MR) is 134 cm³/mol. The highest BCUT2D eigenvalue weighted by molar-refractivity contribution is 6.03. The van der Waals surface area contributed by atoms with Crippen LogP contribution < -0.4 is 10.2 Å². The van der Waals surface area contributed by atoms with Crippen LogP contribution in [0.1, 0.15) is 36.8 Å². The molecule has 35 heavy (non-hydrogen) atoms. The van der Waals surface area contributed by atoms with Crippen LogP contribution in [0.3, 0.4) is 0 Å². The van der Waals surface area contributed by atoms with E-state index >= 15 is 0 Å². The molecule has 0 spiro atoms.